The van der Waals surface area contributed by atoms with Crippen molar-refractivity contribution in [2.75, 3.05) is 0 Å². The first-order chi connectivity index (χ1) is 7.70. The largest absolute Gasteiger partial charge is 0.481 e. The Labute approximate surface area is 99.7 Å². The Balaban J connectivity index is 3.51. The van der Waals surface area contributed by atoms with Crippen LogP contribution in [0.5, 0.6) is 0 Å². The van der Waals surface area contributed by atoms with Gasteiger partial charge in [-0.25, -0.2) is 0 Å². The average molecular weight is 226 g/mol. The van der Waals surface area contributed by atoms with Gasteiger partial charge in [0.1, 0.15) is 0 Å². The molecule has 1 N–H and O–H groups in total. The monoisotopic (exact) mass is 226 g/mol. The highest BCUT2D eigenvalue weighted by atomic mass is 16.4. The Morgan fingerprint density at radius 2 is 1.94 bits per heavy atom. The van der Waals surface area contributed by atoms with Crippen molar-refractivity contribution in [1.82, 2.24) is 0 Å². The Kier molecular flexibility index (Phi) is 10.2. The van der Waals surface area contributed by atoms with Crippen LogP contribution in [0.25, 0.3) is 0 Å². The van der Waals surface area contributed by atoms with Gasteiger partial charge >= 0.3 is 5.97 Å². The maximum Gasteiger partial charge on any atom is 0.303 e. The van der Waals surface area contributed by atoms with Crippen LogP contribution in [0.2, 0.25) is 0 Å². The minimum atomic E-state index is -0.678. The van der Waals surface area contributed by atoms with E-state index in [1.165, 1.54) is 25.7 Å². The molecule has 0 fully saturated rings. The molecule has 0 saturated heterocycles. The molecule has 0 aromatic rings. The number of unbranched alkanes of at least 4 members (excludes halogenated alkanes) is 4. The molecule has 16 heavy (non-hydrogen) atoms. The molecule has 1 atom stereocenters. The first kappa shape index (κ1) is 15.2. The fraction of sp³-hybridized carbons (Fsp3) is 0.786. The summed E-state index contributed by atoms with van der Waals surface area (Å²) < 4.78 is 0. The highest BCUT2D eigenvalue weighted by Gasteiger charge is 2.08. The van der Waals surface area contributed by atoms with E-state index in [0.29, 0.717) is 12.3 Å². The fourth-order valence-electron chi connectivity index (χ4n) is 1.74. The van der Waals surface area contributed by atoms with Gasteiger partial charge < -0.3 is 5.11 Å². The molecule has 2 heteroatoms. The Hall–Kier alpha value is -0.790. The molecule has 94 valence electrons. The minimum absolute atomic E-state index is 0.302. The highest BCUT2D eigenvalue weighted by molar-refractivity contribution is 5.67. The van der Waals surface area contributed by atoms with E-state index in [2.05, 4.69) is 26.0 Å². The summed E-state index contributed by atoms with van der Waals surface area (Å²) in [6.45, 7) is 4.27. The number of rotatable bonds is 10. The summed E-state index contributed by atoms with van der Waals surface area (Å²) >= 11 is 0. The molecular weight excluding hydrogens is 200 g/mol. The number of carboxylic acid groups (broad SMARTS) is 1. The summed E-state index contributed by atoms with van der Waals surface area (Å²) in [6.07, 6.45) is 12.9. The van der Waals surface area contributed by atoms with E-state index in [4.69, 9.17) is 5.11 Å². The molecule has 0 aliphatic rings. The summed E-state index contributed by atoms with van der Waals surface area (Å²) in [6, 6.07) is 0. The zero-order valence-electron chi connectivity index (χ0n) is 10.7. The van der Waals surface area contributed by atoms with Gasteiger partial charge in [0.2, 0.25) is 0 Å². The molecule has 0 bridgehead atoms. The number of carbonyl (C=O) groups is 1. The van der Waals surface area contributed by atoms with Gasteiger partial charge in [0.05, 0.1) is 0 Å². The second-order valence-electron chi connectivity index (χ2n) is 4.43. The van der Waals surface area contributed by atoms with Gasteiger partial charge in [0.15, 0.2) is 0 Å². The molecule has 0 heterocycles. The van der Waals surface area contributed by atoms with Gasteiger partial charge in [0.25, 0.3) is 0 Å². The minimum Gasteiger partial charge on any atom is -0.481 e. The van der Waals surface area contributed by atoms with E-state index in [-0.39, 0.29) is 0 Å². The van der Waals surface area contributed by atoms with Crippen LogP contribution >= 0.6 is 0 Å². The number of hydrogen-bond donors (Lipinski definition) is 1. The molecule has 2 nitrogen and oxygen atoms in total. The zero-order chi connectivity index (χ0) is 12.2. The van der Waals surface area contributed by atoms with Gasteiger partial charge in [-0.05, 0) is 25.2 Å². The lowest BCUT2D eigenvalue weighted by atomic mass is 9.98. The molecular formula is C14H26O2. The normalized spacial score (nSPS) is 13.1. The van der Waals surface area contributed by atoms with Crippen molar-refractivity contribution in [3.8, 4) is 0 Å². The second-order valence-corrected chi connectivity index (χ2v) is 4.43. The zero-order valence-corrected chi connectivity index (χ0v) is 10.7. The lowest BCUT2D eigenvalue weighted by Gasteiger charge is -2.08. The van der Waals surface area contributed by atoms with Gasteiger partial charge in [-0.2, -0.15) is 0 Å². The van der Waals surface area contributed by atoms with Crippen LogP contribution in [0, 0.1) is 5.92 Å². The van der Waals surface area contributed by atoms with Crippen LogP contribution < -0.4 is 0 Å². The number of carboxylic acids is 1. The van der Waals surface area contributed by atoms with E-state index < -0.39 is 5.97 Å². The topological polar surface area (TPSA) is 37.3 Å². The third-order valence-corrected chi connectivity index (χ3v) is 2.90. The van der Waals surface area contributed by atoms with E-state index in [0.717, 1.165) is 19.3 Å². The molecule has 0 aliphatic heterocycles. The molecule has 0 amide bonds. The number of allylic oxidation sites excluding steroid dienone is 2. The van der Waals surface area contributed by atoms with Gasteiger partial charge in [-0.3, -0.25) is 4.79 Å². The Bertz CT molecular complexity index is 197. The summed E-state index contributed by atoms with van der Waals surface area (Å²) in [4.78, 5) is 10.6. The van der Waals surface area contributed by atoms with Gasteiger partial charge in [-0.15, -0.1) is 0 Å². The van der Waals surface area contributed by atoms with Crippen LogP contribution in [0.3, 0.4) is 0 Å². The third-order valence-electron chi connectivity index (χ3n) is 2.90. The van der Waals surface area contributed by atoms with Crippen LogP contribution in [0.4, 0.5) is 0 Å². The summed E-state index contributed by atoms with van der Waals surface area (Å²) in [7, 11) is 0. The van der Waals surface area contributed by atoms with E-state index >= 15 is 0 Å². The summed E-state index contributed by atoms with van der Waals surface area (Å²) in [5.74, 6) is -0.368. The first-order valence-corrected chi connectivity index (χ1v) is 6.57. The van der Waals surface area contributed by atoms with Crippen LogP contribution in [-0.2, 0) is 4.79 Å². The Morgan fingerprint density at radius 3 is 2.50 bits per heavy atom. The molecule has 0 aliphatic carbocycles. The lowest BCUT2D eigenvalue weighted by molar-refractivity contribution is -0.138. The molecule has 0 aromatic heterocycles. The van der Waals surface area contributed by atoms with Crippen molar-refractivity contribution in [3.05, 3.63) is 12.2 Å². The van der Waals surface area contributed by atoms with Crippen molar-refractivity contribution in [2.24, 2.45) is 5.92 Å². The average Bonchev–Trinajstić information content (AvgIpc) is 2.25. The van der Waals surface area contributed by atoms with Crippen molar-refractivity contribution >= 4 is 5.97 Å². The SMILES string of the molecule is CCCCCCC=CCC(CC)CC(=O)O. The van der Waals surface area contributed by atoms with E-state index in [9.17, 15) is 4.79 Å². The van der Waals surface area contributed by atoms with Gasteiger partial charge in [-0.1, -0.05) is 51.7 Å². The quantitative estimate of drug-likeness (QED) is 0.442. The third kappa shape index (κ3) is 9.75. The molecule has 0 rings (SSSR count). The van der Waals surface area contributed by atoms with E-state index in [1.54, 1.807) is 0 Å². The van der Waals surface area contributed by atoms with Crippen LogP contribution in [0.15, 0.2) is 12.2 Å². The standard InChI is InChI=1S/C14H26O2/c1-3-5-6-7-8-9-10-11-13(4-2)12-14(15)16/h9-10,13H,3-8,11-12H2,1-2H3,(H,15,16). The maximum atomic E-state index is 10.6. The molecule has 0 radical (unpaired) electrons. The van der Waals surface area contributed by atoms with E-state index in [1.807, 2.05) is 0 Å². The predicted octanol–water partition coefficient (Wildman–Crippen LogP) is 4.40. The fourth-order valence-corrected chi connectivity index (χ4v) is 1.74. The van der Waals surface area contributed by atoms with Crippen molar-refractivity contribution < 1.29 is 9.90 Å². The van der Waals surface area contributed by atoms with Crippen LogP contribution in [-0.4, -0.2) is 11.1 Å². The highest BCUT2D eigenvalue weighted by Crippen LogP contribution is 2.14. The molecule has 0 aromatic carbocycles. The Morgan fingerprint density at radius 1 is 1.19 bits per heavy atom. The first-order valence-electron chi connectivity index (χ1n) is 6.57. The maximum absolute atomic E-state index is 10.6. The van der Waals surface area contributed by atoms with Crippen molar-refractivity contribution in [3.63, 3.8) is 0 Å². The van der Waals surface area contributed by atoms with Crippen molar-refractivity contribution in [1.29, 1.82) is 0 Å². The lowest BCUT2D eigenvalue weighted by Crippen LogP contribution is -2.05. The molecule has 0 spiro atoms. The predicted molar refractivity (Wildman–Crippen MR) is 68.5 cm³/mol. The summed E-state index contributed by atoms with van der Waals surface area (Å²) in [5, 5.41) is 8.69. The molecule has 1 unspecified atom stereocenters. The number of aliphatic carboxylic acids is 1. The smallest absolute Gasteiger partial charge is 0.303 e. The number of hydrogen-bond acceptors (Lipinski definition) is 1. The van der Waals surface area contributed by atoms with Crippen molar-refractivity contribution in [2.45, 2.75) is 65.2 Å². The van der Waals surface area contributed by atoms with Gasteiger partial charge in [0, 0.05) is 6.42 Å². The summed E-state index contributed by atoms with van der Waals surface area (Å²) in [5.41, 5.74) is 0. The van der Waals surface area contributed by atoms with Crippen LogP contribution in [0.1, 0.15) is 65.2 Å². The molecule has 0 saturated carbocycles. The second kappa shape index (κ2) is 10.7.